The molecule has 0 radical (unpaired) electrons. The van der Waals surface area contributed by atoms with Gasteiger partial charge in [0.2, 0.25) is 0 Å². The van der Waals surface area contributed by atoms with Gasteiger partial charge in [-0.05, 0) is 133 Å². The highest BCUT2D eigenvalue weighted by atomic mass is 33.1. The zero-order valence-corrected chi connectivity index (χ0v) is 36.5. The Kier molecular flexibility index (Phi) is 18.0. The van der Waals surface area contributed by atoms with Crippen LogP contribution in [0.2, 0.25) is 0 Å². The van der Waals surface area contributed by atoms with E-state index in [0.717, 1.165) is 0 Å². The van der Waals surface area contributed by atoms with Gasteiger partial charge in [-0.2, -0.15) is 0 Å². The normalized spacial score (nSPS) is 13.1. The first kappa shape index (κ1) is 48.1. The Labute approximate surface area is 340 Å². The molecule has 2 N–H and O–H groups in total. The van der Waals surface area contributed by atoms with Crippen LogP contribution in [0.5, 0.6) is 0 Å². The number of hydrogen-bond donors (Lipinski definition) is 2. The van der Waals surface area contributed by atoms with E-state index in [0.29, 0.717) is 20.9 Å². The van der Waals surface area contributed by atoms with E-state index >= 15 is 0 Å². The molecule has 2 atom stereocenters. The second kappa shape index (κ2) is 20.9. The van der Waals surface area contributed by atoms with Crippen molar-refractivity contribution in [3.05, 3.63) is 59.7 Å². The fourth-order valence-corrected chi connectivity index (χ4v) is 7.30. The third kappa shape index (κ3) is 19.2. The Hall–Kier alpha value is -4.04. The molecule has 0 unspecified atom stereocenters. The van der Waals surface area contributed by atoms with Crippen molar-refractivity contribution in [3.8, 4) is 0 Å². The number of benzene rings is 2. The van der Waals surface area contributed by atoms with Crippen molar-refractivity contribution in [2.45, 2.75) is 166 Å². The number of nitrogens with one attached hydrogen (secondary N) is 2. The van der Waals surface area contributed by atoms with E-state index in [2.05, 4.69) is 10.6 Å². The summed E-state index contributed by atoms with van der Waals surface area (Å²) >= 11 is 0. The molecule has 2 amide bonds. The van der Waals surface area contributed by atoms with E-state index in [-0.39, 0.29) is 38.5 Å². The summed E-state index contributed by atoms with van der Waals surface area (Å²) in [6.07, 6.45) is 0.987. The fourth-order valence-electron chi connectivity index (χ4n) is 4.95. The van der Waals surface area contributed by atoms with Crippen LogP contribution in [0.4, 0.5) is 0 Å². The third-order valence-corrected chi connectivity index (χ3v) is 9.55. The molecule has 12 nitrogen and oxygen atoms in total. The summed E-state index contributed by atoms with van der Waals surface area (Å²) in [4.78, 5) is 79.6. The average Bonchev–Trinajstić information content (AvgIpc) is 3.03. The third-order valence-electron chi connectivity index (χ3n) is 7.07. The summed E-state index contributed by atoms with van der Waals surface area (Å²) in [6, 6.07) is 11.7. The van der Waals surface area contributed by atoms with Crippen molar-refractivity contribution in [1.29, 1.82) is 0 Å². The van der Waals surface area contributed by atoms with Crippen LogP contribution in [-0.4, -0.2) is 70.2 Å². The summed E-state index contributed by atoms with van der Waals surface area (Å²) in [6.45, 7) is 21.0. The largest absolute Gasteiger partial charge is 0.460 e. The van der Waals surface area contributed by atoms with Crippen LogP contribution in [0.15, 0.2) is 58.3 Å². The van der Waals surface area contributed by atoms with Gasteiger partial charge >= 0.3 is 23.9 Å². The zero-order chi connectivity index (χ0) is 42.5. The number of carbonyl (C=O) groups excluding carboxylic acids is 6. The predicted octanol–water partition coefficient (Wildman–Crippen LogP) is 8.39. The van der Waals surface area contributed by atoms with Crippen LogP contribution >= 0.6 is 21.6 Å². The minimum Gasteiger partial charge on any atom is -0.460 e. The molecule has 310 valence electrons. The van der Waals surface area contributed by atoms with Crippen molar-refractivity contribution in [2.75, 3.05) is 0 Å². The maximum Gasteiger partial charge on any atom is 0.329 e. The van der Waals surface area contributed by atoms with Gasteiger partial charge < -0.3 is 29.6 Å². The van der Waals surface area contributed by atoms with Gasteiger partial charge in [0.15, 0.2) is 0 Å². The molecule has 0 saturated carbocycles. The molecule has 56 heavy (non-hydrogen) atoms. The molecule has 0 aliphatic rings. The number of carbonyl (C=O) groups is 6. The van der Waals surface area contributed by atoms with Gasteiger partial charge in [-0.3, -0.25) is 19.2 Å². The fraction of sp³-hybridized carbons (Fsp3) is 0.571. The van der Waals surface area contributed by atoms with Gasteiger partial charge in [0.25, 0.3) is 11.8 Å². The number of amides is 2. The van der Waals surface area contributed by atoms with Crippen molar-refractivity contribution < 1.29 is 47.7 Å². The minimum atomic E-state index is -1.03. The van der Waals surface area contributed by atoms with Crippen LogP contribution in [0, 0.1) is 0 Å². The smallest absolute Gasteiger partial charge is 0.329 e. The Morgan fingerprint density at radius 2 is 0.804 bits per heavy atom. The lowest BCUT2D eigenvalue weighted by Crippen LogP contribution is -2.44. The van der Waals surface area contributed by atoms with Crippen LogP contribution < -0.4 is 10.6 Å². The first-order valence-electron chi connectivity index (χ1n) is 18.8. The monoisotopic (exact) mass is 816 g/mol. The predicted molar refractivity (Wildman–Crippen MR) is 218 cm³/mol. The molecule has 14 heteroatoms. The number of rotatable bonds is 17. The summed E-state index contributed by atoms with van der Waals surface area (Å²) < 4.78 is 22.0. The lowest BCUT2D eigenvalue weighted by molar-refractivity contribution is -0.159. The molecule has 0 aromatic heterocycles. The topological polar surface area (TPSA) is 163 Å². The standard InChI is InChI=1S/C42H60N2O10S2/c1-39(2,3)51-33(45)25-17-21-29(37(49)53-41(7,8)9)43-35(47)27-19-13-15-23-31(27)55-56-32-24-16-14-20-28(32)36(48)44-30(38(50)54-42(10,11)12)22-18-26-34(46)52-40(4,5)6/h13-16,19-20,23-24,29-30H,17-18,21-22,25-26H2,1-12H3,(H,43,47)(H,44,48)/t29-,30+. The SMILES string of the molecule is CC(C)(C)OC(=O)CCC[C@H](NC(=O)c1ccccc1SSc1ccccc1C(=O)N[C@H](CCCC(=O)OC(C)(C)C)C(=O)OC(C)(C)C)C(=O)OC(C)(C)C. The van der Waals surface area contributed by atoms with Crippen LogP contribution in [0.3, 0.4) is 0 Å². The van der Waals surface area contributed by atoms with E-state index in [9.17, 15) is 28.8 Å². The molecule has 0 fully saturated rings. The lowest BCUT2D eigenvalue weighted by atomic mass is 10.1. The Bertz CT molecular complexity index is 1560. The van der Waals surface area contributed by atoms with Gasteiger partial charge in [-0.25, -0.2) is 9.59 Å². The second-order valence-electron chi connectivity index (χ2n) is 17.2. The van der Waals surface area contributed by atoms with Gasteiger partial charge in [-0.15, -0.1) is 0 Å². The summed E-state index contributed by atoms with van der Waals surface area (Å²) in [5.74, 6) is -3.08. The molecule has 0 spiro atoms. The van der Waals surface area contributed by atoms with Crippen LogP contribution in [0.25, 0.3) is 0 Å². The summed E-state index contributed by atoms with van der Waals surface area (Å²) in [5, 5.41) is 5.61. The molecular formula is C42H60N2O10S2. The van der Waals surface area contributed by atoms with E-state index in [1.165, 1.54) is 21.6 Å². The van der Waals surface area contributed by atoms with Crippen molar-refractivity contribution in [2.24, 2.45) is 0 Å². The molecular weight excluding hydrogens is 757 g/mol. The summed E-state index contributed by atoms with van der Waals surface area (Å²) in [7, 11) is 2.49. The highest BCUT2D eigenvalue weighted by Crippen LogP contribution is 2.40. The van der Waals surface area contributed by atoms with Gasteiger partial charge in [0, 0.05) is 22.6 Å². The quantitative estimate of drug-likeness (QED) is 0.0892. The minimum absolute atomic E-state index is 0.0626. The van der Waals surface area contributed by atoms with Gasteiger partial charge in [-0.1, -0.05) is 45.9 Å². The zero-order valence-electron chi connectivity index (χ0n) is 34.9. The first-order valence-corrected chi connectivity index (χ1v) is 20.9. The molecule has 0 aliphatic carbocycles. The molecule has 0 bridgehead atoms. The molecule has 2 aromatic rings. The van der Waals surface area contributed by atoms with E-state index in [4.69, 9.17) is 18.9 Å². The van der Waals surface area contributed by atoms with E-state index < -0.39 is 70.2 Å². The maximum atomic E-state index is 13.7. The molecule has 0 aliphatic heterocycles. The van der Waals surface area contributed by atoms with Crippen molar-refractivity contribution in [3.63, 3.8) is 0 Å². The number of esters is 4. The lowest BCUT2D eigenvalue weighted by Gasteiger charge is -2.25. The maximum absolute atomic E-state index is 13.7. The molecule has 2 rings (SSSR count). The van der Waals surface area contributed by atoms with Gasteiger partial charge in [0.1, 0.15) is 34.5 Å². The Balaban J connectivity index is 2.24. The molecule has 0 saturated heterocycles. The first-order chi connectivity index (χ1) is 25.7. The van der Waals surface area contributed by atoms with Crippen molar-refractivity contribution in [1.82, 2.24) is 10.6 Å². The highest BCUT2D eigenvalue weighted by Gasteiger charge is 2.30. The van der Waals surface area contributed by atoms with E-state index in [1.54, 1.807) is 132 Å². The van der Waals surface area contributed by atoms with E-state index in [1.807, 2.05) is 0 Å². The summed E-state index contributed by atoms with van der Waals surface area (Å²) in [5.41, 5.74) is -2.31. The second-order valence-corrected chi connectivity index (χ2v) is 19.4. The van der Waals surface area contributed by atoms with Gasteiger partial charge in [0.05, 0.1) is 11.1 Å². The highest BCUT2D eigenvalue weighted by molar-refractivity contribution is 8.76. The van der Waals surface area contributed by atoms with Crippen LogP contribution in [-0.2, 0) is 38.1 Å². The van der Waals surface area contributed by atoms with Crippen molar-refractivity contribution >= 4 is 57.3 Å². The number of ether oxygens (including phenoxy) is 4. The number of hydrogen-bond acceptors (Lipinski definition) is 12. The molecule has 2 aromatic carbocycles. The Morgan fingerprint density at radius 3 is 1.11 bits per heavy atom. The molecule has 0 heterocycles. The average molecular weight is 817 g/mol. The Morgan fingerprint density at radius 1 is 0.500 bits per heavy atom. The van der Waals surface area contributed by atoms with Crippen LogP contribution in [0.1, 0.15) is 142 Å².